The zero-order valence-electron chi connectivity index (χ0n) is 13.1. The molecule has 0 aromatic rings. The number of nitrogens with one attached hydrogen (secondary N) is 1. The lowest BCUT2D eigenvalue weighted by Crippen LogP contribution is -2.49. The van der Waals surface area contributed by atoms with Gasteiger partial charge in [-0.05, 0) is 39.5 Å². The number of esters is 1. The van der Waals surface area contributed by atoms with Crippen LogP contribution in [0.25, 0.3) is 0 Å². The maximum absolute atomic E-state index is 12.2. The molecule has 2 rings (SSSR count). The van der Waals surface area contributed by atoms with E-state index in [1.165, 1.54) is 13.5 Å². The summed E-state index contributed by atoms with van der Waals surface area (Å²) >= 11 is 0. The van der Waals surface area contributed by atoms with Gasteiger partial charge in [-0.25, -0.2) is 0 Å². The van der Waals surface area contributed by atoms with Crippen LogP contribution in [0.2, 0.25) is 0 Å². The normalized spacial score (nSPS) is 33.6. The second-order valence-electron chi connectivity index (χ2n) is 6.64. The highest BCUT2D eigenvalue weighted by Crippen LogP contribution is 2.37. The zero-order valence-corrected chi connectivity index (χ0v) is 13.1. The highest BCUT2D eigenvalue weighted by molar-refractivity contribution is 5.77. The Morgan fingerprint density at radius 1 is 1.20 bits per heavy atom. The molecule has 0 radical (unpaired) electrons. The van der Waals surface area contributed by atoms with Gasteiger partial charge in [0.25, 0.3) is 0 Å². The number of rotatable bonds is 4. The Balaban J connectivity index is 1.93. The third-order valence-corrected chi connectivity index (χ3v) is 4.86. The summed E-state index contributed by atoms with van der Waals surface area (Å²) in [4.78, 5) is 12.2. The van der Waals surface area contributed by atoms with Crippen molar-refractivity contribution >= 4 is 5.97 Å². The molecule has 2 atom stereocenters. The van der Waals surface area contributed by atoms with Crippen LogP contribution in [0.5, 0.6) is 0 Å². The monoisotopic (exact) mass is 283 g/mol. The van der Waals surface area contributed by atoms with Gasteiger partial charge < -0.3 is 14.8 Å². The van der Waals surface area contributed by atoms with Gasteiger partial charge in [-0.15, -0.1) is 0 Å². The van der Waals surface area contributed by atoms with Crippen molar-refractivity contribution in [2.45, 2.75) is 77.0 Å². The molecule has 2 fully saturated rings. The number of methoxy groups -OCH3 is 1. The van der Waals surface area contributed by atoms with Crippen LogP contribution in [-0.2, 0) is 14.3 Å². The summed E-state index contributed by atoms with van der Waals surface area (Å²) in [5.41, 5.74) is -0.294. The predicted octanol–water partition coefficient (Wildman–Crippen LogP) is 2.66. The van der Waals surface area contributed by atoms with Gasteiger partial charge in [0.2, 0.25) is 0 Å². The minimum Gasteiger partial charge on any atom is -0.469 e. The lowest BCUT2D eigenvalue weighted by molar-refractivity contribution is -0.154. The SMILES string of the molecule is COC(=O)C1(CNC2C[C@@H](C)O[C@H](C)C2)CCCCC1. The summed E-state index contributed by atoms with van der Waals surface area (Å²) in [5.74, 6) is -0.0298. The van der Waals surface area contributed by atoms with E-state index in [2.05, 4.69) is 19.2 Å². The minimum absolute atomic E-state index is 0.0298. The fraction of sp³-hybridized carbons (Fsp3) is 0.938. The standard InChI is InChI=1S/C16H29NO3/c1-12-9-14(10-13(2)20-12)17-11-16(15(18)19-3)7-5-4-6-8-16/h12-14,17H,4-11H2,1-3H3/t12-,13-/m1/s1. The van der Waals surface area contributed by atoms with Gasteiger partial charge in [-0.2, -0.15) is 0 Å². The molecule has 0 aromatic carbocycles. The highest BCUT2D eigenvalue weighted by atomic mass is 16.5. The van der Waals surface area contributed by atoms with Crippen LogP contribution in [0.4, 0.5) is 0 Å². The molecule has 1 aliphatic heterocycles. The molecule has 0 aromatic heterocycles. The van der Waals surface area contributed by atoms with E-state index in [4.69, 9.17) is 9.47 Å². The van der Waals surface area contributed by atoms with Crippen LogP contribution >= 0.6 is 0 Å². The first-order valence-electron chi connectivity index (χ1n) is 8.03. The molecule has 4 nitrogen and oxygen atoms in total. The molecule has 0 spiro atoms. The summed E-state index contributed by atoms with van der Waals surface area (Å²) in [6.45, 7) is 5.01. The van der Waals surface area contributed by atoms with E-state index in [-0.39, 0.29) is 11.4 Å². The van der Waals surface area contributed by atoms with Crippen molar-refractivity contribution in [3.63, 3.8) is 0 Å². The molecule has 2 aliphatic rings. The second kappa shape index (κ2) is 6.90. The smallest absolute Gasteiger partial charge is 0.313 e. The van der Waals surface area contributed by atoms with Crippen molar-refractivity contribution < 1.29 is 14.3 Å². The number of hydrogen-bond acceptors (Lipinski definition) is 4. The summed E-state index contributed by atoms with van der Waals surface area (Å²) in [7, 11) is 1.51. The average Bonchev–Trinajstić information content (AvgIpc) is 2.44. The third-order valence-electron chi connectivity index (χ3n) is 4.86. The highest BCUT2D eigenvalue weighted by Gasteiger charge is 2.41. The van der Waals surface area contributed by atoms with Crippen LogP contribution in [0.15, 0.2) is 0 Å². The zero-order chi connectivity index (χ0) is 14.6. The second-order valence-corrected chi connectivity index (χ2v) is 6.64. The van der Waals surface area contributed by atoms with Crippen LogP contribution in [0, 0.1) is 5.41 Å². The van der Waals surface area contributed by atoms with Crippen molar-refractivity contribution in [2.24, 2.45) is 5.41 Å². The molecular weight excluding hydrogens is 254 g/mol. The third kappa shape index (κ3) is 3.73. The molecule has 1 saturated heterocycles. The largest absolute Gasteiger partial charge is 0.469 e. The number of ether oxygens (including phenoxy) is 2. The lowest BCUT2D eigenvalue weighted by atomic mass is 9.73. The summed E-state index contributed by atoms with van der Waals surface area (Å²) in [6.07, 6.45) is 8.10. The van der Waals surface area contributed by atoms with Crippen molar-refractivity contribution in [1.82, 2.24) is 5.32 Å². The van der Waals surface area contributed by atoms with Gasteiger partial charge in [0.15, 0.2) is 0 Å². The van der Waals surface area contributed by atoms with Gasteiger partial charge in [0.1, 0.15) is 0 Å². The van der Waals surface area contributed by atoms with Crippen molar-refractivity contribution in [1.29, 1.82) is 0 Å². The van der Waals surface area contributed by atoms with Gasteiger partial charge in [0.05, 0.1) is 24.7 Å². The van der Waals surface area contributed by atoms with E-state index in [0.717, 1.165) is 45.1 Å². The molecule has 1 aliphatic carbocycles. The Labute approximate surface area is 122 Å². The summed E-state index contributed by atoms with van der Waals surface area (Å²) in [5, 5.41) is 3.63. The fourth-order valence-electron chi connectivity index (χ4n) is 3.81. The van der Waals surface area contributed by atoms with E-state index in [1.807, 2.05) is 0 Å². The Morgan fingerprint density at radius 3 is 2.35 bits per heavy atom. The Morgan fingerprint density at radius 2 is 1.80 bits per heavy atom. The molecule has 20 heavy (non-hydrogen) atoms. The molecule has 1 saturated carbocycles. The topological polar surface area (TPSA) is 47.6 Å². The van der Waals surface area contributed by atoms with E-state index in [9.17, 15) is 4.79 Å². The van der Waals surface area contributed by atoms with Crippen LogP contribution in [0.3, 0.4) is 0 Å². The summed E-state index contributed by atoms with van der Waals surface area (Å²) in [6, 6.07) is 0.456. The average molecular weight is 283 g/mol. The van der Waals surface area contributed by atoms with Gasteiger partial charge >= 0.3 is 5.97 Å². The lowest BCUT2D eigenvalue weighted by Gasteiger charge is -2.38. The van der Waals surface area contributed by atoms with Crippen molar-refractivity contribution in [3.8, 4) is 0 Å². The van der Waals surface area contributed by atoms with Gasteiger partial charge in [0, 0.05) is 12.6 Å². The molecule has 1 N–H and O–H groups in total. The maximum atomic E-state index is 12.2. The quantitative estimate of drug-likeness (QED) is 0.806. The fourth-order valence-corrected chi connectivity index (χ4v) is 3.81. The molecule has 1 heterocycles. The summed E-state index contributed by atoms with van der Waals surface area (Å²) < 4.78 is 10.8. The van der Waals surface area contributed by atoms with Crippen LogP contribution < -0.4 is 5.32 Å². The first-order chi connectivity index (χ1) is 9.55. The molecule has 0 unspecified atom stereocenters. The molecule has 0 amide bonds. The number of carbonyl (C=O) groups excluding carboxylic acids is 1. The Hall–Kier alpha value is -0.610. The van der Waals surface area contributed by atoms with Crippen molar-refractivity contribution in [2.75, 3.05) is 13.7 Å². The molecule has 116 valence electrons. The predicted molar refractivity (Wildman–Crippen MR) is 78.6 cm³/mol. The maximum Gasteiger partial charge on any atom is 0.313 e. The van der Waals surface area contributed by atoms with E-state index in [0.29, 0.717) is 18.2 Å². The van der Waals surface area contributed by atoms with E-state index in [1.54, 1.807) is 0 Å². The van der Waals surface area contributed by atoms with E-state index >= 15 is 0 Å². The minimum atomic E-state index is -0.294. The van der Waals surface area contributed by atoms with Gasteiger partial charge in [-0.1, -0.05) is 19.3 Å². The number of hydrogen-bond donors (Lipinski definition) is 1. The van der Waals surface area contributed by atoms with Gasteiger partial charge in [-0.3, -0.25) is 4.79 Å². The Kier molecular flexibility index (Phi) is 5.44. The first-order valence-corrected chi connectivity index (χ1v) is 8.03. The van der Waals surface area contributed by atoms with Crippen molar-refractivity contribution in [3.05, 3.63) is 0 Å². The van der Waals surface area contributed by atoms with Crippen LogP contribution in [-0.4, -0.2) is 37.9 Å². The molecule has 0 bridgehead atoms. The molecule has 4 heteroatoms. The number of carbonyl (C=O) groups is 1. The molecular formula is C16H29NO3. The van der Waals surface area contributed by atoms with E-state index < -0.39 is 0 Å². The Bertz CT molecular complexity index is 316. The van der Waals surface area contributed by atoms with Crippen LogP contribution in [0.1, 0.15) is 58.8 Å². The first kappa shape index (κ1) is 15.8.